The van der Waals surface area contributed by atoms with Gasteiger partial charge in [0.2, 0.25) is 0 Å². The van der Waals surface area contributed by atoms with Crippen molar-refractivity contribution in [1.82, 2.24) is 0 Å². The van der Waals surface area contributed by atoms with Crippen LogP contribution < -0.4 is 4.90 Å². The second-order valence-corrected chi connectivity index (χ2v) is 4.69. The molecule has 1 rings (SSSR count). The monoisotopic (exact) mass is 301 g/mol. The maximum Gasteiger partial charge on any atom is 0.335 e. The van der Waals surface area contributed by atoms with Gasteiger partial charge < -0.3 is 14.7 Å². The Balaban J connectivity index is 2.78. The second kappa shape index (κ2) is 6.61. The van der Waals surface area contributed by atoms with Crippen molar-refractivity contribution in [3.05, 3.63) is 28.2 Å². The third kappa shape index (κ3) is 4.36. The minimum atomic E-state index is -0.919. The highest BCUT2D eigenvalue weighted by Crippen LogP contribution is 2.22. The zero-order valence-corrected chi connectivity index (χ0v) is 11.5. The van der Waals surface area contributed by atoms with E-state index in [0.717, 1.165) is 23.1 Å². The zero-order chi connectivity index (χ0) is 12.8. The first-order valence-corrected chi connectivity index (χ1v) is 6.08. The van der Waals surface area contributed by atoms with E-state index in [2.05, 4.69) is 15.9 Å². The molecule has 5 heteroatoms. The number of benzene rings is 1. The quantitative estimate of drug-likeness (QED) is 0.821. The van der Waals surface area contributed by atoms with Gasteiger partial charge in [-0.15, -0.1) is 0 Å². The fourth-order valence-electron chi connectivity index (χ4n) is 1.49. The normalized spacial score (nSPS) is 10.3. The Bertz CT molecular complexity index is 395. The summed E-state index contributed by atoms with van der Waals surface area (Å²) in [4.78, 5) is 12.9. The van der Waals surface area contributed by atoms with Crippen molar-refractivity contribution in [3.8, 4) is 0 Å². The molecule has 0 bridgehead atoms. The summed E-state index contributed by atoms with van der Waals surface area (Å²) in [5, 5.41) is 8.97. The van der Waals surface area contributed by atoms with Gasteiger partial charge in [-0.3, -0.25) is 0 Å². The van der Waals surface area contributed by atoms with Crippen LogP contribution in [0.1, 0.15) is 16.8 Å². The number of hydrogen-bond acceptors (Lipinski definition) is 3. The Labute approximate surface area is 109 Å². The Morgan fingerprint density at radius 3 is 2.76 bits per heavy atom. The topological polar surface area (TPSA) is 49.8 Å². The third-order valence-electron chi connectivity index (χ3n) is 2.41. The lowest BCUT2D eigenvalue weighted by atomic mass is 10.2. The largest absolute Gasteiger partial charge is 0.478 e. The van der Waals surface area contributed by atoms with Crippen molar-refractivity contribution >= 4 is 27.6 Å². The Morgan fingerprint density at radius 1 is 1.47 bits per heavy atom. The van der Waals surface area contributed by atoms with Gasteiger partial charge in [-0.05, 0) is 24.6 Å². The smallest absolute Gasteiger partial charge is 0.335 e. The van der Waals surface area contributed by atoms with Crippen LogP contribution in [0.15, 0.2) is 22.7 Å². The van der Waals surface area contributed by atoms with E-state index in [9.17, 15) is 4.79 Å². The number of aromatic carboxylic acids is 1. The second-order valence-electron chi connectivity index (χ2n) is 3.77. The summed E-state index contributed by atoms with van der Waals surface area (Å²) in [7, 11) is 3.60. The third-order valence-corrected chi connectivity index (χ3v) is 2.87. The lowest BCUT2D eigenvalue weighted by Crippen LogP contribution is -2.20. The Kier molecular flexibility index (Phi) is 5.44. The molecule has 0 aliphatic rings. The van der Waals surface area contributed by atoms with E-state index in [0.29, 0.717) is 6.61 Å². The molecule has 94 valence electrons. The molecule has 17 heavy (non-hydrogen) atoms. The lowest BCUT2D eigenvalue weighted by Gasteiger charge is -2.19. The molecule has 0 radical (unpaired) electrons. The van der Waals surface area contributed by atoms with Crippen LogP contribution in [-0.4, -0.2) is 38.4 Å². The van der Waals surface area contributed by atoms with Crippen molar-refractivity contribution in [2.45, 2.75) is 6.42 Å². The molecule has 4 nitrogen and oxygen atoms in total. The number of anilines is 1. The standard InChI is InChI=1S/C12H16BrNO3/c1-14(4-3-5-17-2)11-7-9(12(15)16)6-10(13)8-11/h6-8H,3-5H2,1-2H3,(H,15,16). The van der Waals surface area contributed by atoms with E-state index in [1.807, 2.05) is 18.0 Å². The molecule has 1 aromatic carbocycles. The van der Waals surface area contributed by atoms with Crippen LogP contribution in [-0.2, 0) is 4.74 Å². The van der Waals surface area contributed by atoms with E-state index >= 15 is 0 Å². The summed E-state index contributed by atoms with van der Waals surface area (Å²) in [6, 6.07) is 5.16. The first-order chi connectivity index (χ1) is 8.04. The van der Waals surface area contributed by atoms with E-state index < -0.39 is 5.97 Å². The summed E-state index contributed by atoms with van der Waals surface area (Å²) in [6.45, 7) is 1.52. The van der Waals surface area contributed by atoms with Crippen LogP contribution in [0.3, 0.4) is 0 Å². The van der Waals surface area contributed by atoms with Crippen molar-refractivity contribution < 1.29 is 14.6 Å². The molecular formula is C12H16BrNO3. The van der Waals surface area contributed by atoms with Crippen LogP contribution in [0.25, 0.3) is 0 Å². The minimum Gasteiger partial charge on any atom is -0.478 e. The maximum atomic E-state index is 10.9. The zero-order valence-electron chi connectivity index (χ0n) is 9.94. The highest BCUT2D eigenvalue weighted by molar-refractivity contribution is 9.10. The van der Waals surface area contributed by atoms with Gasteiger partial charge in [0.15, 0.2) is 0 Å². The Morgan fingerprint density at radius 2 is 2.18 bits per heavy atom. The predicted octanol–water partition coefficient (Wildman–Crippen LogP) is 2.62. The van der Waals surface area contributed by atoms with Crippen molar-refractivity contribution in [3.63, 3.8) is 0 Å². The fourth-order valence-corrected chi connectivity index (χ4v) is 1.97. The van der Waals surface area contributed by atoms with Gasteiger partial charge in [-0.1, -0.05) is 15.9 Å². The predicted molar refractivity (Wildman–Crippen MR) is 70.9 cm³/mol. The SMILES string of the molecule is COCCCN(C)c1cc(Br)cc(C(=O)O)c1. The van der Waals surface area contributed by atoms with Gasteiger partial charge in [0.05, 0.1) is 5.56 Å². The molecule has 0 atom stereocenters. The molecular weight excluding hydrogens is 286 g/mol. The lowest BCUT2D eigenvalue weighted by molar-refractivity contribution is 0.0697. The molecule has 0 saturated heterocycles. The average Bonchev–Trinajstić information content (AvgIpc) is 2.28. The van der Waals surface area contributed by atoms with Crippen LogP contribution in [0.4, 0.5) is 5.69 Å². The highest BCUT2D eigenvalue weighted by Gasteiger charge is 2.08. The number of carbonyl (C=O) groups is 1. The van der Waals surface area contributed by atoms with Crippen molar-refractivity contribution in [2.24, 2.45) is 0 Å². The number of ether oxygens (including phenoxy) is 1. The van der Waals surface area contributed by atoms with Crippen LogP contribution >= 0.6 is 15.9 Å². The van der Waals surface area contributed by atoms with Crippen LogP contribution in [0.2, 0.25) is 0 Å². The number of hydrogen-bond donors (Lipinski definition) is 1. The minimum absolute atomic E-state index is 0.285. The molecule has 0 amide bonds. The highest BCUT2D eigenvalue weighted by atomic mass is 79.9. The molecule has 0 aromatic heterocycles. The van der Waals surface area contributed by atoms with Crippen LogP contribution in [0, 0.1) is 0 Å². The Hall–Kier alpha value is -1.07. The number of methoxy groups -OCH3 is 1. The van der Waals surface area contributed by atoms with E-state index in [-0.39, 0.29) is 5.56 Å². The van der Waals surface area contributed by atoms with Crippen molar-refractivity contribution in [2.75, 3.05) is 32.2 Å². The van der Waals surface area contributed by atoms with Gasteiger partial charge in [0.1, 0.15) is 0 Å². The average molecular weight is 302 g/mol. The summed E-state index contributed by atoms with van der Waals surface area (Å²) < 4.78 is 5.75. The van der Waals surface area contributed by atoms with Crippen molar-refractivity contribution in [1.29, 1.82) is 0 Å². The maximum absolute atomic E-state index is 10.9. The van der Waals surface area contributed by atoms with Gasteiger partial charge in [-0.25, -0.2) is 4.79 Å². The summed E-state index contributed by atoms with van der Waals surface area (Å²) in [6.07, 6.45) is 0.905. The summed E-state index contributed by atoms with van der Waals surface area (Å²) in [5.41, 5.74) is 1.17. The number of halogens is 1. The molecule has 1 N–H and O–H groups in total. The van der Waals surface area contributed by atoms with Crippen LogP contribution in [0.5, 0.6) is 0 Å². The van der Waals surface area contributed by atoms with Gasteiger partial charge in [0, 0.05) is 37.5 Å². The molecule has 0 fully saturated rings. The van der Waals surface area contributed by atoms with E-state index in [4.69, 9.17) is 9.84 Å². The molecule has 0 aliphatic carbocycles. The molecule has 0 aliphatic heterocycles. The summed E-state index contributed by atoms with van der Waals surface area (Å²) >= 11 is 3.32. The number of nitrogens with zero attached hydrogens (tertiary/aromatic N) is 1. The fraction of sp³-hybridized carbons (Fsp3) is 0.417. The molecule has 1 aromatic rings. The number of carboxylic acid groups (broad SMARTS) is 1. The molecule has 0 saturated carbocycles. The van der Waals surface area contributed by atoms with Gasteiger partial charge >= 0.3 is 5.97 Å². The molecule has 0 heterocycles. The first kappa shape index (κ1) is 14.0. The van der Waals surface area contributed by atoms with E-state index in [1.54, 1.807) is 19.2 Å². The molecule has 0 spiro atoms. The van der Waals surface area contributed by atoms with E-state index in [1.165, 1.54) is 0 Å². The number of carboxylic acids is 1. The van der Waals surface area contributed by atoms with Gasteiger partial charge in [0.25, 0.3) is 0 Å². The summed E-state index contributed by atoms with van der Waals surface area (Å²) in [5.74, 6) is -0.919. The number of rotatable bonds is 6. The first-order valence-electron chi connectivity index (χ1n) is 5.28. The van der Waals surface area contributed by atoms with Gasteiger partial charge in [-0.2, -0.15) is 0 Å². The molecule has 0 unspecified atom stereocenters.